The zero-order valence-electron chi connectivity index (χ0n) is 14.7. The first-order chi connectivity index (χ1) is 12.4. The van der Waals surface area contributed by atoms with Gasteiger partial charge in [-0.25, -0.2) is 8.78 Å². The van der Waals surface area contributed by atoms with Crippen molar-refractivity contribution in [1.82, 2.24) is 5.32 Å². The van der Waals surface area contributed by atoms with Crippen molar-refractivity contribution >= 4 is 11.6 Å². The number of benzene rings is 2. The molecule has 0 bridgehead atoms. The summed E-state index contributed by atoms with van der Waals surface area (Å²) in [4.78, 5) is 15.4. The van der Waals surface area contributed by atoms with Crippen molar-refractivity contribution < 1.29 is 13.6 Å². The maximum absolute atomic E-state index is 13.4. The van der Waals surface area contributed by atoms with Gasteiger partial charge in [0.05, 0.1) is 0 Å². The number of hydrogen-bond acceptors (Lipinski definition) is 2. The van der Waals surface area contributed by atoms with Crippen LogP contribution in [-0.2, 0) is 16.8 Å². The molecule has 1 amide bonds. The van der Waals surface area contributed by atoms with E-state index in [1.165, 1.54) is 0 Å². The molecule has 0 heterocycles. The Morgan fingerprint density at radius 1 is 1.08 bits per heavy atom. The molecule has 136 valence electrons. The van der Waals surface area contributed by atoms with Crippen molar-refractivity contribution in [3.05, 3.63) is 65.7 Å². The Morgan fingerprint density at radius 3 is 2.42 bits per heavy atom. The average molecular weight is 356 g/mol. The molecular weight excluding hydrogens is 334 g/mol. The predicted octanol–water partition coefficient (Wildman–Crippen LogP) is 3.88. The van der Waals surface area contributed by atoms with Gasteiger partial charge in [-0.3, -0.25) is 4.79 Å². The molecule has 0 saturated heterocycles. The molecular formula is C21H22F2N2O. The third-order valence-electron chi connectivity index (χ3n) is 5.74. The number of carbonyl (C=O) groups excluding carboxylic acids is 1. The first-order valence-electron chi connectivity index (χ1n) is 8.98. The van der Waals surface area contributed by atoms with Crippen LogP contribution < -0.4 is 10.2 Å². The van der Waals surface area contributed by atoms with Crippen LogP contribution in [0.25, 0.3) is 0 Å². The van der Waals surface area contributed by atoms with Gasteiger partial charge in [0.2, 0.25) is 0 Å². The quantitative estimate of drug-likeness (QED) is 0.902. The van der Waals surface area contributed by atoms with E-state index in [1.807, 2.05) is 66.5 Å². The minimum Gasteiger partial charge on any atom is -0.357 e. The lowest BCUT2D eigenvalue weighted by Gasteiger charge is -2.43. The third kappa shape index (κ3) is 2.66. The molecule has 2 aliphatic carbocycles. The summed E-state index contributed by atoms with van der Waals surface area (Å²) in [6.07, 6.45) is 0.880. The molecule has 1 saturated carbocycles. The highest BCUT2D eigenvalue weighted by atomic mass is 19.3. The van der Waals surface area contributed by atoms with Crippen LogP contribution in [0.3, 0.4) is 0 Å². The van der Waals surface area contributed by atoms with Crippen molar-refractivity contribution in [3.63, 3.8) is 0 Å². The Kier molecular flexibility index (Phi) is 3.98. The number of halogens is 2. The van der Waals surface area contributed by atoms with Gasteiger partial charge in [0.15, 0.2) is 0 Å². The summed E-state index contributed by atoms with van der Waals surface area (Å²) in [5, 5.41) is 2.89. The van der Waals surface area contributed by atoms with Gasteiger partial charge < -0.3 is 10.2 Å². The van der Waals surface area contributed by atoms with Crippen LogP contribution in [0.2, 0.25) is 0 Å². The molecule has 1 N–H and O–H groups in total. The second-order valence-corrected chi connectivity index (χ2v) is 7.35. The molecule has 26 heavy (non-hydrogen) atoms. The van der Waals surface area contributed by atoms with E-state index in [2.05, 4.69) is 5.32 Å². The van der Waals surface area contributed by atoms with Crippen molar-refractivity contribution in [1.29, 1.82) is 0 Å². The fraction of sp³-hybridized carbons (Fsp3) is 0.381. The van der Waals surface area contributed by atoms with E-state index in [1.54, 1.807) is 0 Å². The fourth-order valence-corrected chi connectivity index (χ4v) is 4.27. The summed E-state index contributed by atoms with van der Waals surface area (Å²) in [6, 6.07) is 17.2. The molecule has 3 nitrogen and oxygen atoms in total. The fourth-order valence-electron chi connectivity index (χ4n) is 4.27. The number of rotatable bonds is 4. The first-order valence-corrected chi connectivity index (χ1v) is 8.98. The summed E-state index contributed by atoms with van der Waals surface area (Å²) in [5.41, 5.74) is 2.17. The minimum atomic E-state index is -2.65. The van der Waals surface area contributed by atoms with Crippen LogP contribution in [0.5, 0.6) is 0 Å². The van der Waals surface area contributed by atoms with Gasteiger partial charge in [0, 0.05) is 31.6 Å². The summed E-state index contributed by atoms with van der Waals surface area (Å²) in [5.74, 6) is -2.83. The van der Waals surface area contributed by atoms with E-state index in [9.17, 15) is 13.6 Å². The molecule has 1 atom stereocenters. The molecule has 0 spiro atoms. The average Bonchev–Trinajstić information content (AvgIpc) is 3.01. The monoisotopic (exact) mass is 356 g/mol. The standard InChI is InChI=1S/C21H22F2N2O/c1-25(17-8-3-2-4-9-17)21(12-11-15-7-5-6-10-18(15)21)19(26)24-16-13-20(22,23)14-16/h2-10,16H,11-14H2,1H3,(H,24,26). The first kappa shape index (κ1) is 17.0. The highest BCUT2D eigenvalue weighted by molar-refractivity contribution is 5.93. The number of aryl methyl sites for hydroxylation is 1. The number of hydrogen-bond donors (Lipinski definition) is 1. The Balaban J connectivity index is 1.70. The molecule has 2 aromatic rings. The van der Waals surface area contributed by atoms with E-state index in [0.717, 1.165) is 23.2 Å². The molecule has 5 heteroatoms. The normalized spacial score (nSPS) is 23.8. The molecule has 2 aromatic carbocycles. The van der Waals surface area contributed by atoms with Gasteiger partial charge in [0.25, 0.3) is 11.8 Å². The Bertz CT molecular complexity index is 816. The van der Waals surface area contributed by atoms with Crippen molar-refractivity contribution in [3.8, 4) is 0 Å². The van der Waals surface area contributed by atoms with Crippen LogP contribution >= 0.6 is 0 Å². The molecule has 0 radical (unpaired) electrons. The molecule has 0 aliphatic heterocycles. The highest BCUT2D eigenvalue weighted by Gasteiger charge is 2.52. The number of amides is 1. The molecule has 1 unspecified atom stereocenters. The van der Waals surface area contributed by atoms with E-state index in [4.69, 9.17) is 0 Å². The number of alkyl halides is 2. The summed E-state index contributed by atoms with van der Waals surface area (Å²) >= 11 is 0. The largest absolute Gasteiger partial charge is 0.357 e. The topological polar surface area (TPSA) is 32.3 Å². The van der Waals surface area contributed by atoms with Crippen LogP contribution in [0.15, 0.2) is 54.6 Å². The number of anilines is 1. The number of nitrogens with one attached hydrogen (secondary N) is 1. The molecule has 4 rings (SSSR count). The van der Waals surface area contributed by atoms with Crippen LogP contribution in [0.4, 0.5) is 14.5 Å². The van der Waals surface area contributed by atoms with Crippen LogP contribution in [0.1, 0.15) is 30.4 Å². The lowest BCUT2D eigenvalue weighted by Crippen LogP contribution is -2.59. The third-order valence-corrected chi connectivity index (χ3v) is 5.74. The second-order valence-electron chi connectivity index (χ2n) is 7.35. The smallest absolute Gasteiger partial charge is 0.252 e. The van der Waals surface area contributed by atoms with Crippen LogP contribution in [-0.4, -0.2) is 24.9 Å². The lowest BCUT2D eigenvalue weighted by molar-refractivity contribution is -0.134. The van der Waals surface area contributed by atoms with Gasteiger partial charge in [-0.05, 0) is 36.1 Å². The second kappa shape index (κ2) is 6.08. The minimum absolute atomic E-state index is 0.186. The number of fused-ring (bicyclic) bond motifs is 1. The van der Waals surface area contributed by atoms with E-state index in [0.29, 0.717) is 6.42 Å². The SMILES string of the molecule is CN(c1ccccc1)C1(C(=O)NC2CC(F)(F)C2)CCc2ccccc21. The highest BCUT2D eigenvalue weighted by Crippen LogP contribution is 2.44. The van der Waals surface area contributed by atoms with Crippen molar-refractivity contribution in [2.75, 3.05) is 11.9 Å². The number of likely N-dealkylation sites (N-methyl/N-ethyl adjacent to an activating group) is 1. The van der Waals surface area contributed by atoms with E-state index < -0.39 is 17.5 Å². The lowest BCUT2D eigenvalue weighted by atomic mass is 9.84. The van der Waals surface area contributed by atoms with E-state index >= 15 is 0 Å². The van der Waals surface area contributed by atoms with Crippen molar-refractivity contribution in [2.24, 2.45) is 0 Å². The predicted molar refractivity (Wildman–Crippen MR) is 97.4 cm³/mol. The zero-order chi connectivity index (χ0) is 18.4. The summed E-state index contributed by atoms with van der Waals surface area (Å²) in [6.45, 7) is 0. The van der Waals surface area contributed by atoms with Gasteiger partial charge in [-0.15, -0.1) is 0 Å². The van der Waals surface area contributed by atoms with Crippen LogP contribution in [0, 0.1) is 0 Å². The summed E-state index contributed by atoms with van der Waals surface area (Å²) in [7, 11) is 1.91. The number of para-hydroxylation sites is 1. The zero-order valence-corrected chi connectivity index (χ0v) is 14.7. The summed E-state index contributed by atoms with van der Waals surface area (Å²) < 4.78 is 26.4. The Labute approximate surface area is 152 Å². The molecule has 1 fully saturated rings. The van der Waals surface area contributed by atoms with Crippen molar-refractivity contribution in [2.45, 2.75) is 43.2 Å². The van der Waals surface area contributed by atoms with Gasteiger partial charge in [0.1, 0.15) is 5.54 Å². The maximum atomic E-state index is 13.4. The van der Waals surface area contributed by atoms with Gasteiger partial charge >= 0.3 is 0 Å². The number of carbonyl (C=O) groups is 1. The Hall–Kier alpha value is -2.43. The van der Waals surface area contributed by atoms with Gasteiger partial charge in [-0.1, -0.05) is 42.5 Å². The molecule has 0 aromatic heterocycles. The van der Waals surface area contributed by atoms with E-state index in [-0.39, 0.29) is 18.7 Å². The number of nitrogens with zero attached hydrogens (tertiary/aromatic N) is 1. The molecule has 2 aliphatic rings. The Morgan fingerprint density at radius 2 is 1.73 bits per heavy atom. The maximum Gasteiger partial charge on any atom is 0.252 e. The van der Waals surface area contributed by atoms with Gasteiger partial charge in [-0.2, -0.15) is 0 Å².